The minimum atomic E-state index is 0.395. The number of nitrogens with one attached hydrogen (secondary N) is 1. The van der Waals surface area contributed by atoms with Gasteiger partial charge in [-0.25, -0.2) is 0 Å². The zero-order chi connectivity index (χ0) is 10.7. The van der Waals surface area contributed by atoms with Crippen LogP contribution >= 0.6 is 0 Å². The molecule has 0 aromatic heterocycles. The van der Waals surface area contributed by atoms with Gasteiger partial charge in [0.1, 0.15) is 0 Å². The van der Waals surface area contributed by atoms with Crippen molar-refractivity contribution in [1.82, 2.24) is 10.2 Å². The molecule has 2 fully saturated rings. The Kier molecular flexibility index (Phi) is 3.62. The molecule has 2 atom stereocenters. The summed E-state index contributed by atoms with van der Waals surface area (Å²) in [6.07, 6.45) is 5.35. The molecule has 0 saturated carbocycles. The van der Waals surface area contributed by atoms with Gasteiger partial charge >= 0.3 is 0 Å². The van der Waals surface area contributed by atoms with Crippen molar-refractivity contribution in [1.29, 1.82) is 0 Å². The van der Waals surface area contributed by atoms with Crippen LogP contribution in [0.1, 0.15) is 39.0 Å². The minimum absolute atomic E-state index is 0.395. The maximum absolute atomic E-state index is 11.9. The highest BCUT2D eigenvalue weighted by molar-refractivity contribution is 5.77. The second-order valence-corrected chi connectivity index (χ2v) is 4.80. The van der Waals surface area contributed by atoms with Crippen molar-refractivity contribution in [2.24, 2.45) is 5.92 Å². The summed E-state index contributed by atoms with van der Waals surface area (Å²) >= 11 is 0. The summed E-state index contributed by atoms with van der Waals surface area (Å²) in [6, 6.07) is 0.541. The van der Waals surface area contributed by atoms with Crippen LogP contribution < -0.4 is 5.32 Å². The van der Waals surface area contributed by atoms with Crippen LogP contribution in [0.5, 0.6) is 0 Å². The monoisotopic (exact) mass is 210 g/mol. The SMILES string of the molecule is CCCCN1C(=O)CC[C@@H]2CNCC[C@@H]21. The first-order valence-corrected chi connectivity index (χ1v) is 6.33. The summed E-state index contributed by atoms with van der Waals surface area (Å²) in [5.41, 5.74) is 0. The Hall–Kier alpha value is -0.570. The lowest BCUT2D eigenvalue weighted by Gasteiger charge is -2.44. The molecule has 0 bridgehead atoms. The molecule has 2 heterocycles. The highest BCUT2D eigenvalue weighted by atomic mass is 16.2. The van der Waals surface area contributed by atoms with E-state index in [1.54, 1.807) is 0 Å². The maximum Gasteiger partial charge on any atom is 0.222 e. The van der Waals surface area contributed by atoms with Gasteiger partial charge in [0.2, 0.25) is 5.91 Å². The second-order valence-electron chi connectivity index (χ2n) is 4.80. The molecule has 0 unspecified atom stereocenters. The van der Waals surface area contributed by atoms with E-state index in [-0.39, 0.29) is 0 Å². The summed E-state index contributed by atoms with van der Waals surface area (Å²) in [5.74, 6) is 1.11. The van der Waals surface area contributed by atoms with Crippen molar-refractivity contribution in [3.8, 4) is 0 Å². The largest absolute Gasteiger partial charge is 0.339 e. The molecule has 2 saturated heterocycles. The van der Waals surface area contributed by atoms with Crippen LogP contribution in [0.4, 0.5) is 0 Å². The van der Waals surface area contributed by atoms with E-state index in [2.05, 4.69) is 17.1 Å². The molecule has 1 amide bonds. The Morgan fingerprint density at radius 3 is 3.13 bits per heavy atom. The Balaban J connectivity index is 1.99. The summed E-state index contributed by atoms with van der Waals surface area (Å²) in [5, 5.41) is 3.44. The third-order valence-electron chi connectivity index (χ3n) is 3.77. The molecule has 1 N–H and O–H groups in total. The van der Waals surface area contributed by atoms with E-state index in [9.17, 15) is 4.79 Å². The molecule has 2 aliphatic rings. The molecule has 0 aromatic rings. The van der Waals surface area contributed by atoms with Gasteiger partial charge in [-0.15, -0.1) is 0 Å². The van der Waals surface area contributed by atoms with Gasteiger partial charge in [0.25, 0.3) is 0 Å². The molecule has 15 heavy (non-hydrogen) atoms. The fourth-order valence-corrected chi connectivity index (χ4v) is 2.87. The molecule has 2 rings (SSSR count). The van der Waals surface area contributed by atoms with Gasteiger partial charge in [0, 0.05) is 19.0 Å². The van der Waals surface area contributed by atoms with Gasteiger partial charge in [-0.2, -0.15) is 0 Å². The molecule has 2 aliphatic heterocycles. The topological polar surface area (TPSA) is 32.3 Å². The first-order valence-electron chi connectivity index (χ1n) is 6.33. The number of rotatable bonds is 3. The molecule has 0 aromatic carbocycles. The first kappa shape index (κ1) is 10.9. The van der Waals surface area contributed by atoms with Crippen molar-refractivity contribution in [2.45, 2.75) is 45.1 Å². The van der Waals surface area contributed by atoms with E-state index in [0.29, 0.717) is 17.9 Å². The number of fused-ring (bicyclic) bond motifs is 1. The number of piperidine rings is 2. The Labute approximate surface area is 92.2 Å². The Morgan fingerprint density at radius 2 is 2.33 bits per heavy atom. The number of amides is 1. The van der Waals surface area contributed by atoms with Crippen molar-refractivity contribution >= 4 is 5.91 Å². The van der Waals surface area contributed by atoms with Crippen molar-refractivity contribution in [2.75, 3.05) is 19.6 Å². The molecular weight excluding hydrogens is 188 g/mol. The van der Waals surface area contributed by atoms with Crippen molar-refractivity contribution < 1.29 is 4.79 Å². The lowest BCUT2D eigenvalue weighted by Crippen LogP contribution is -2.55. The molecule has 0 radical (unpaired) electrons. The number of hydrogen-bond acceptors (Lipinski definition) is 2. The number of unbranched alkanes of at least 4 members (excludes halogenated alkanes) is 1. The molecule has 3 nitrogen and oxygen atoms in total. The van der Waals surface area contributed by atoms with Gasteiger partial charge < -0.3 is 10.2 Å². The van der Waals surface area contributed by atoms with Gasteiger partial charge in [0.15, 0.2) is 0 Å². The van der Waals surface area contributed by atoms with Crippen LogP contribution in [-0.4, -0.2) is 36.5 Å². The molecule has 86 valence electrons. The molecule has 0 aliphatic carbocycles. The fraction of sp³-hybridized carbons (Fsp3) is 0.917. The van der Waals surface area contributed by atoms with Crippen LogP contribution in [0.3, 0.4) is 0 Å². The number of likely N-dealkylation sites (tertiary alicyclic amines) is 1. The predicted molar refractivity (Wildman–Crippen MR) is 60.6 cm³/mol. The number of carbonyl (C=O) groups is 1. The third kappa shape index (κ3) is 2.33. The average molecular weight is 210 g/mol. The number of hydrogen-bond donors (Lipinski definition) is 1. The summed E-state index contributed by atoms with van der Waals surface area (Å²) in [7, 11) is 0. The van der Waals surface area contributed by atoms with Gasteiger partial charge in [0.05, 0.1) is 0 Å². The number of nitrogens with zero attached hydrogens (tertiary/aromatic N) is 1. The van der Waals surface area contributed by atoms with Crippen LogP contribution in [0.15, 0.2) is 0 Å². The van der Waals surface area contributed by atoms with Crippen LogP contribution in [0.2, 0.25) is 0 Å². The smallest absolute Gasteiger partial charge is 0.222 e. The quantitative estimate of drug-likeness (QED) is 0.763. The standard InChI is InChI=1S/C12H22N2O/c1-2-3-8-14-11-6-7-13-9-10(11)4-5-12(14)15/h10-11,13H,2-9H2,1H3/t10-,11+/m1/s1. The summed E-state index contributed by atoms with van der Waals surface area (Å²) < 4.78 is 0. The zero-order valence-corrected chi connectivity index (χ0v) is 9.67. The van der Waals surface area contributed by atoms with Gasteiger partial charge in [-0.3, -0.25) is 4.79 Å². The third-order valence-corrected chi connectivity index (χ3v) is 3.77. The zero-order valence-electron chi connectivity index (χ0n) is 9.67. The Bertz CT molecular complexity index is 230. The van der Waals surface area contributed by atoms with Crippen LogP contribution in [0.25, 0.3) is 0 Å². The predicted octanol–water partition coefficient (Wildman–Crippen LogP) is 1.39. The highest BCUT2D eigenvalue weighted by Gasteiger charge is 2.36. The summed E-state index contributed by atoms with van der Waals surface area (Å²) in [6.45, 7) is 5.36. The van der Waals surface area contributed by atoms with Crippen molar-refractivity contribution in [3.05, 3.63) is 0 Å². The van der Waals surface area contributed by atoms with Gasteiger partial charge in [-0.05, 0) is 38.3 Å². The first-order chi connectivity index (χ1) is 7.33. The normalized spacial score (nSPS) is 31.5. The number of carbonyl (C=O) groups excluding carboxylic acids is 1. The fourth-order valence-electron chi connectivity index (χ4n) is 2.87. The van der Waals surface area contributed by atoms with E-state index in [1.807, 2.05) is 0 Å². The highest BCUT2D eigenvalue weighted by Crippen LogP contribution is 2.28. The Morgan fingerprint density at radius 1 is 1.47 bits per heavy atom. The molecule has 0 spiro atoms. The van der Waals surface area contributed by atoms with Gasteiger partial charge in [-0.1, -0.05) is 13.3 Å². The average Bonchev–Trinajstić information content (AvgIpc) is 2.28. The molecular formula is C12H22N2O. The van der Waals surface area contributed by atoms with Crippen molar-refractivity contribution in [3.63, 3.8) is 0 Å². The lowest BCUT2D eigenvalue weighted by molar-refractivity contribution is -0.139. The summed E-state index contributed by atoms with van der Waals surface area (Å²) in [4.78, 5) is 14.0. The van der Waals surface area contributed by atoms with E-state index in [4.69, 9.17) is 0 Å². The van der Waals surface area contributed by atoms with Crippen LogP contribution in [-0.2, 0) is 4.79 Å². The lowest BCUT2D eigenvalue weighted by atomic mass is 9.84. The van der Waals surface area contributed by atoms with E-state index in [1.165, 1.54) is 6.42 Å². The molecule has 3 heteroatoms. The van der Waals surface area contributed by atoms with E-state index in [0.717, 1.165) is 45.3 Å². The van der Waals surface area contributed by atoms with Crippen LogP contribution in [0, 0.1) is 5.92 Å². The van der Waals surface area contributed by atoms with E-state index < -0.39 is 0 Å². The minimum Gasteiger partial charge on any atom is -0.339 e. The van der Waals surface area contributed by atoms with E-state index >= 15 is 0 Å². The maximum atomic E-state index is 11.9. The second kappa shape index (κ2) is 4.97.